The van der Waals surface area contributed by atoms with Crippen molar-refractivity contribution < 1.29 is 32.2 Å². The minimum absolute atomic E-state index is 0.0689. The summed E-state index contributed by atoms with van der Waals surface area (Å²) >= 11 is 0. The van der Waals surface area contributed by atoms with E-state index in [0.717, 1.165) is 29.3 Å². The molecule has 0 radical (unpaired) electrons. The van der Waals surface area contributed by atoms with Crippen LogP contribution in [0.5, 0.6) is 5.75 Å². The summed E-state index contributed by atoms with van der Waals surface area (Å²) in [6, 6.07) is 10.2. The maximum atomic E-state index is 12.9. The average Bonchev–Trinajstić information content (AvgIpc) is 2.74. The van der Waals surface area contributed by atoms with Gasteiger partial charge in [0.15, 0.2) is 0 Å². The van der Waals surface area contributed by atoms with Gasteiger partial charge < -0.3 is 14.8 Å². The second-order valence-corrected chi connectivity index (χ2v) is 6.87. The summed E-state index contributed by atoms with van der Waals surface area (Å²) in [6.07, 6.45) is -3.46. The third-order valence-electron chi connectivity index (χ3n) is 4.83. The molecule has 8 heteroatoms. The molecule has 1 amide bonds. The van der Waals surface area contributed by atoms with E-state index in [-0.39, 0.29) is 29.7 Å². The molecule has 0 aliphatic rings. The number of rotatable bonds is 9. The number of methoxy groups -OCH3 is 1. The van der Waals surface area contributed by atoms with Crippen molar-refractivity contribution in [2.75, 3.05) is 20.3 Å². The van der Waals surface area contributed by atoms with Crippen molar-refractivity contribution in [1.29, 1.82) is 0 Å². The van der Waals surface area contributed by atoms with Crippen LogP contribution in [0.15, 0.2) is 42.5 Å². The number of esters is 1. The lowest BCUT2D eigenvalue weighted by Crippen LogP contribution is -2.26. The lowest BCUT2D eigenvalue weighted by atomic mass is 9.95. The predicted octanol–water partition coefficient (Wildman–Crippen LogP) is 4.74. The molecule has 0 spiro atoms. The Hall–Kier alpha value is -3.03. The Kier molecular flexibility index (Phi) is 8.47. The Morgan fingerprint density at radius 3 is 2.29 bits per heavy atom. The van der Waals surface area contributed by atoms with Crippen LogP contribution in [0.1, 0.15) is 53.2 Å². The van der Waals surface area contributed by atoms with E-state index in [1.807, 2.05) is 31.2 Å². The molecule has 1 unspecified atom stereocenters. The van der Waals surface area contributed by atoms with E-state index < -0.39 is 17.6 Å². The van der Waals surface area contributed by atoms with Crippen LogP contribution >= 0.6 is 0 Å². The fourth-order valence-electron chi connectivity index (χ4n) is 3.18. The van der Waals surface area contributed by atoms with Crippen molar-refractivity contribution in [1.82, 2.24) is 5.32 Å². The number of nitrogens with one attached hydrogen (secondary N) is 1. The van der Waals surface area contributed by atoms with Crippen molar-refractivity contribution in [3.63, 3.8) is 0 Å². The smallest absolute Gasteiger partial charge is 0.416 e. The zero-order valence-corrected chi connectivity index (χ0v) is 17.7. The van der Waals surface area contributed by atoms with Crippen LogP contribution in [-0.4, -0.2) is 32.1 Å². The van der Waals surface area contributed by atoms with Crippen molar-refractivity contribution in [3.8, 4) is 5.75 Å². The number of ether oxygens (including phenoxy) is 2. The van der Waals surface area contributed by atoms with Crippen molar-refractivity contribution in [3.05, 3.63) is 64.7 Å². The highest BCUT2D eigenvalue weighted by atomic mass is 19.4. The number of carbonyl (C=O) groups is 2. The van der Waals surface area contributed by atoms with Crippen LogP contribution < -0.4 is 10.1 Å². The molecule has 2 rings (SSSR count). The summed E-state index contributed by atoms with van der Waals surface area (Å²) in [5.74, 6) is -1.17. The molecular formula is C23H26F3NO4. The first-order valence-corrected chi connectivity index (χ1v) is 10.00. The molecule has 168 valence electrons. The summed E-state index contributed by atoms with van der Waals surface area (Å²) in [5.41, 5.74) is 0.676. The highest BCUT2D eigenvalue weighted by Gasteiger charge is 2.32. The highest BCUT2D eigenvalue weighted by Crippen LogP contribution is 2.32. The first-order valence-electron chi connectivity index (χ1n) is 10.00. The Morgan fingerprint density at radius 2 is 1.74 bits per heavy atom. The van der Waals surface area contributed by atoms with Gasteiger partial charge in [-0.25, -0.2) is 0 Å². The first-order chi connectivity index (χ1) is 14.7. The van der Waals surface area contributed by atoms with Crippen LogP contribution in [0.25, 0.3) is 0 Å². The van der Waals surface area contributed by atoms with Gasteiger partial charge in [0, 0.05) is 6.54 Å². The van der Waals surface area contributed by atoms with E-state index in [9.17, 15) is 22.8 Å². The molecule has 1 atom stereocenters. The maximum Gasteiger partial charge on any atom is 0.416 e. The highest BCUT2D eigenvalue weighted by molar-refractivity contribution is 5.97. The van der Waals surface area contributed by atoms with Crippen LogP contribution in [0.2, 0.25) is 0 Å². The van der Waals surface area contributed by atoms with Gasteiger partial charge in [-0.2, -0.15) is 13.2 Å². The van der Waals surface area contributed by atoms with Crippen molar-refractivity contribution in [2.45, 2.75) is 38.8 Å². The Bertz CT molecular complexity index is 895. The molecule has 0 aliphatic carbocycles. The van der Waals surface area contributed by atoms with Crippen LogP contribution in [0.4, 0.5) is 13.2 Å². The third kappa shape index (κ3) is 6.47. The molecule has 0 saturated carbocycles. The molecule has 2 aromatic rings. The standard InChI is InChI=1S/C23H26F3NO4/c1-4-18(22(29)31-5-2)16-8-6-15(7-9-16)12-13-27-21(28)19-14-17(23(24,25)26)10-11-20(19)30-3/h6-11,14,18H,4-5,12-13H2,1-3H3,(H,27,28). The van der Waals surface area contributed by atoms with Gasteiger partial charge in [0.1, 0.15) is 5.75 Å². The van der Waals surface area contributed by atoms with Gasteiger partial charge >= 0.3 is 12.1 Å². The number of benzene rings is 2. The zero-order chi connectivity index (χ0) is 23.0. The van der Waals surface area contributed by atoms with Gasteiger partial charge in [0.05, 0.1) is 30.8 Å². The third-order valence-corrected chi connectivity index (χ3v) is 4.83. The number of carbonyl (C=O) groups excluding carboxylic acids is 2. The largest absolute Gasteiger partial charge is 0.496 e. The molecule has 0 fully saturated rings. The SMILES string of the molecule is CCOC(=O)C(CC)c1ccc(CCNC(=O)c2cc(C(F)(F)F)ccc2OC)cc1. The summed E-state index contributed by atoms with van der Waals surface area (Å²) in [7, 11) is 1.29. The minimum atomic E-state index is -4.55. The van der Waals surface area contributed by atoms with E-state index >= 15 is 0 Å². The van der Waals surface area contributed by atoms with Crippen molar-refractivity contribution >= 4 is 11.9 Å². The average molecular weight is 437 g/mol. The second-order valence-electron chi connectivity index (χ2n) is 6.87. The van der Waals surface area contributed by atoms with Crippen LogP contribution in [0.3, 0.4) is 0 Å². The molecule has 0 bridgehead atoms. The Morgan fingerprint density at radius 1 is 1.06 bits per heavy atom. The van der Waals surface area contributed by atoms with E-state index in [0.29, 0.717) is 19.4 Å². The van der Waals surface area contributed by atoms with Gasteiger partial charge in [-0.15, -0.1) is 0 Å². The van der Waals surface area contributed by atoms with Gasteiger partial charge in [0.25, 0.3) is 5.91 Å². The quantitative estimate of drug-likeness (QED) is 0.576. The lowest BCUT2D eigenvalue weighted by Gasteiger charge is -2.15. The Labute approximate surface area is 179 Å². The van der Waals surface area contributed by atoms with Gasteiger partial charge in [-0.1, -0.05) is 31.2 Å². The minimum Gasteiger partial charge on any atom is -0.496 e. The maximum absolute atomic E-state index is 12.9. The number of alkyl halides is 3. The lowest BCUT2D eigenvalue weighted by molar-refractivity contribution is -0.145. The summed E-state index contributed by atoms with van der Waals surface area (Å²) in [5, 5.41) is 2.62. The summed E-state index contributed by atoms with van der Waals surface area (Å²) in [6.45, 7) is 4.22. The molecule has 1 N–H and O–H groups in total. The number of halogens is 3. The molecule has 0 saturated heterocycles. The molecule has 0 heterocycles. The molecule has 5 nitrogen and oxygen atoms in total. The number of hydrogen-bond acceptors (Lipinski definition) is 4. The molecule has 0 aromatic heterocycles. The van der Waals surface area contributed by atoms with E-state index in [4.69, 9.17) is 9.47 Å². The second kappa shape index (κ2) is 10.8. The fourth-order valence-corrected chi connectivity index (χ4v) is 3.18. The van der Waals surface area contributed by atoms with E-state index in [1.54, 1.807) is 6.92 Å². The molecular weight excluding hydrogens is 411 g/mol. The summed E-state index contributed by atoms with van der Waals surface area (Å²) in [4.78, 5) is 24.4. The first kappa shape index (κ1) is 24.2. The van der Waals surface area contributed by atoms with Gasteiger partial charge in [-0.3, -0.25) is 9.59 Å². The monoisotopic (exact) mass is 437 g/mol. The number of hydrogen-bond donors (Lipinski definition) is 1. The molecule has 31 heavy (non-hydrogen) atoms. The van der Waals surface area contributed by atoms with E-state index in [1.165, 1.54) is 7.11 Å². The normalized spacial score (nSPS) is 12.2. The molecule has 2 aromatic carbocycles. The zero-order valence-electron chi connectivity index (χ0n) is 17.7. The predicted molar refractivity (Wildman–Crippen MR) is 110 cm³/mol. The summed E-state index contributed by atoms with van der Waals surface area (Å²) < 4.78 is 48.9. The molecule has 0 aliphatic heterocycles. The van der Waals surface area contributed by atoms with E-state index in [2.05, 4.69) is 5.32 Å². The topological polar surface area (TPSA) is 64.6 Å². The van der Waals surface area contributed by atoms with Crippen molar-refractivity contribution in [2.24, 2.45) is 0 Å². The fraction of sp³-hybridized carbons (Fsp3) is 0.391. The van der Waals surface area contributed by atoms with Crippen LogP contribution in [0, 0.1) is 0 Å². The number of amides is 1. The van der Waals surface area contributed by atoms with Gasteiger partial charge in [-0.05, 0) is 49.1 Å². The van der Waals surface area contributed by atoms with Crippen LogP contribution in [-0.2, 0) is 22.1 Å². The Balaban J connectivity index is 2.01. The van der Waals surface area contributed by atoms with Gasteiger partial charge in [0.2, 0.25) is 0 Å².